The summed E-state index contributed by atoms with van der Waals surface area (Å²) in [5.74, 6) is 0. The zero-order chi connectivity index (χ0) is 13.2. The van der Waals surface area contributed by atoms with E-state index in [1.165, 1.54) is 17.5 Å². The first-order valence-corrected chi connectivity index (χ1v) is 7.13. The zero-order valence-electron chi connectivity index (χ0n) is 12.0. The number of unbranched alkanes of at least 4 members (excludes halogenated alkanes) is 1. The lowest BCUT2D eigenvalue weighted by atomic mass is 10.1. The molecular formula is C16H27NO. The molecule has 0 amide bonds. The Morgan fingerprint density at radius 1 is 1.11 bits per heavy atom. The molecule has 2 heteroatoms. The maximum Gasteiger partial charge on any atom is 0.0518 e. The van der Waals surface area contributed by atoms with E-state index in [1.54, 1.807) is 0 Å². The van der Waals surface area contributed by atoms with Crippen LogP contribution in [0.15, 0.2) is 24.3 Å². The molecule has 0 saturated heterocycles. The molecule has 0 spiro atoms. The zero-order valence-corrected chi connectivity index (χ0v) is 12.0. The van der Waals surface area contributed by atoms with Crippen molar-refractivity contribution in [2.45, 2.75) is 52.7 Å². The van der Waals surface area contributed by atoms with Crippen LogP contribution in [0, 0.1) is 0 Å². The van der Waals surface area contributed by atoms with E-state index in [4.69, 9.17) is 4.74 Å². The highest BCUT2D eigenvalue weighted by atomic mass is 16.5. The minimum Gasteiger partial charge on any atom is -0.379 e. The van der Waals surface area contributed by atoms with Crippen LogP contribution in [0.25, 0.3) is 0 Å². The van der Waals surface area contributed by atoms with Crippen molar-refractivity contribution < 1.29 is 4.74 Å². The Balaban J connectivity index is 2.10. The average molecular weight is 249 g/mol. The quantitative estimate of drug-likeness (QED) is 0.676. The lowest BCUT2D eigenvalue weighted by molar-refractivity contribution is 0.0760. The minimum absolute atomic E-state index is 0.356. The largest absolute Gasteiger partial charge is 0.379 e. The fourth-order valence-electron chi connectivity index (χ4n) is 1.97. The van der Waals surface area contributed by atoms with E-state index in [0.29, 0.717) is 6.10 Å². The van der Waals surface area contributed by atoms with Gasteiger partial charge >= 0.3 is 0 Å². The van der Waals surface area contributed by atoms with Crippen LogP contribution in [0.5, 0.6) is 0 Å². The van der Waals surface area contributed by atoms with Crippen molar-refractivity contribution in [3.05, 3.63) is 35.4 Å². The highest BCUT2D eigenvalue weighted by Crippen LogP contribution is 2.08. The predicted octanol–water partition coefficient (Wildman–Crippen LogP) is 3.54. The third kappa shape index (κ3) is 6.18. The Morgan fingerprint density at radius 3 is 2.50 bits per heavy atom. The standard InChI is InChI=1S/C16H27NO/c1-4-15-9-5-6-10-16(15)13-17-11-7-8-12-18-14(2)3/h5-6,9-10,14,17H,4,7-8,11-13H2,1-3H3. The second-order valence-corrected chi connectivity index (χ2v) is 4.93. The molecule has 0 aliphatic heterocycles. The molecule has 0 bridgehead atoms. The van der Waals surface area contributed by atoms with Crippen molar-refractivity contribution in [3.63, 3.8) is 0 Å². The van der Waals surface area contributed by atoms with Gasteiger partial charge in [-0.25, -0.2) is 0 Å². The summed E-state index contributed by atoms with van der Waals surface area (Å²) in [6, 6.07) is 8.67. The van der Waals surface area contributed by atoms with Crippen molar-refractivity contribution in [2.75, 3.05) is 13.2 Å². The van der Waals surface area contributed by atoms with E-state index in [0.717, 1.165) is 32.5 Å². The summed E-state index contributed by atoms with van der Waals surface area (Å²) >= 11 is 0. The van der Waals surface area contributed by atoms with E-state index >= 15 is 0 Å². The summed E-state index contributed by atoms with van der Waals surface area (Å²) < 4.78 is 5.52. The van der Waals surface area contributed by atoms with Crippen molar-refractivity contribution in [3.8, 4) is 0 Å². The first-order chi connectivity index (χ1) is 8.74. The highest BCUT2D eigenvalue weighted by Gasteiger charge is 1.98. The number of hydrogen-bond acceptors (Lipinski definition) is 2. The molecule has 0 fully saturated rings. The summed E-state index contributed by atoms with van der Waals surface area (Å²) in [5, 5.41) is 3.51. The summed E-state index contributed by atoms with van der Waals surface area (Å²) in [6.07, 6.45) is 3.79. The summed E-state index contributed by atoms with van der Waals surface area (Å²) in [5.41, 5.74) is 2.88. The topological polar surface area (TPSA) is 21.3 Å². The number of rotatable bonds is 9. The second kappa shape index (κ2) is 9.12. The number of benzene rings is 1. The second-order valence-electron chi connectivity index (χ2n) is 4.93. The van der Waals surface area contributed by atoms with Crippen LogP contribution >= 0.6 is 0 Å². The molecule has 0 heterocycles. The van der Waals surface area contributed by atoms with Crippen LogP contribution in [0.4, 0.5) is 0 Å². The molecule has 18 heavy (non-hydrogen) atoms. The fraction of sp³-hybridized carbons (Fsp3) is 0.625. The van der Waals surface area contributed by atoms with Gasteiger partial charge < -0.3 is 10.1 Å². The minimum atomic E-state index is 0.356. The van der Waals surface area contributed by atoms with Gasteiger partial charge in [0.1, 0.15) is 0 Å². The molecular weight excluding hydrogens is 222 g/mol. The Hall–Kier alpha value is -0.860. The third-order valence-corrected chi connectivity index (χ3v) is 3.01. The van der Waals surface area contributed by atoms with Crippen LogP contribution in [0.3, 0.4) is 0 Å². The Morgan fingerprint density at radius 2 is 1.83 bits per heavy atom. The van der Waals surface area contributed by atoms with Crippen LogP contribution in [0.1, 0.15) is 44.7 Å². The molecule has 102 valence electrons. The fourth-order valence-corrected chi connectivity index (χ4v) is 1.97. The van der Waals surface area contributed by atoms with Crippen molar-refractivity contribution in [1.82, 2.24) is 5.32 Å². The lowest BCUT2D eigenvalue weighted by Crippen LogP contribution is -2.16. The van der Waals surface area contributed by atoms with Crippen molar-refractivity contribution in [2.24, 2.45) is 0 Å². The van der Waals surface area contributed by atoms with E-state index in [1.807, 2.05) is 0 Å². The van der Waals surface area contributed by atoms with Crippen LogP contribution in [-0.2, 0) is 17.7 Å². The normalized spacial score (nSPS) is 11.1. The van der Waals surface area contributed by atoms with Gasteiger partial charge in [0.2, 0.25) is 0 Å². The Bertz CT molecular complexity index is 323. The van der Waals surface area contributed by atoms with Gasteiger partial charge in [-0.3, -0.25) is 0 Å². The average Bonchev–Trinajstić information content (AvgIpc) is 2.37. The Labute approximate surface area is 112 Å². The van der Waals surface area contributed by atoms with Crippen molar-refractivity contribution >= 4 is 0 Å². The molecule has 1 aromatic rings. The molecule has 0 saturated carbocycles. The van der Waals surface area contributed by atoms with Gasteiger partial charge in [-0.05, 0) is 50.8 Å². The Kier molecular flexibility index (Phi) is 7.70. The van der Waals surface area contributed by atoms with Gasteiger partial charge in [0, 0.05) is 13.2 Å². The number of aryl methyl sites for hydroxylation is 1. The maximum absolute atomic E-state index is 5.52. The van der Waals surface area contributed by atoms with Gasteiger partial charge in [-0.15, -0.1) is 0 Å². The molecule has 1 N–H and O–H groups in total. The summed E-state index contributed by atoms with van der Waals surface area (Å²) in [4.78, 5) is 0. The molecule has 1 rings (SSSR count). The number of nitrogens with one attached hydrogen (secondary N) is 1. The van der Waals surface area contributed by atoms with E-state index in [2.05, 4.69) is 50.4 Å². The number of ether oxygens (including phenoxy) is 1. The predicted molar refractivity (Wildman–Crippen MR) is 77.8 cm³/mol. The van der Waals surface area contributed by atoms with Crippen LogP contribution in [-0.4, -0.2) is 19.3 Å². The number of hydrogen-bond donors (Lipinski definition) is 1. The molecule has 2 nitrogen and oxygen atoms in total. The lowest BCUT2D eigenvalue weighted by Gasteiger charge is -2.10. The van der Waals surface area contributed by atoms with Gasteiger partial charge in [0.15, 0.2) is 0 Å². The molecule has 0 unspecified atom stereocenters. The van der Waals surface area contributed by atoms with E-state index in [-0.39, 0.29) is 0 Å². The smallest absolute Gasteiger partial charge is 0.0518 e. The first-order valence-electron chi connectivity index (χ1n) is 7.13. The summed E-state index contributed by atoms with van der Waals surface area (Å²) in [6.45, 7) is 9.31. The molecule has 0 aromatic heterocycles. The highest BCUT2D eigenvalue weighted by molar-refractivity contribution is 5.26. The molecule has 0 atom stereocenters. The molecule has 0 radical (unpaired) electrons. The van der Waals surface area contributed by atoms with Gasteiger partial charge in [0.05, 0.1) is 6.10 Å². The first kappa shape index (κ1) is 15.2. The summed E-state index contributed by atoms with van der Waals surface area (Å²) in [7, 11) is 0. The van der Waals surface area contributed by atoms with Crippen LogP contribution in [0.2, 0.25) is 0 Å². The van der Waals surface area contributed by atoms with Gasteiger partial charge in [-0.2, -0.15) is 0 Å². The molecule has 0 aliphatic carbocycles. The SMILES string of the molecule is CCc1ccccc1CNCCCCOC(C)C. The maximum atomic E-state index is 5.52. The monoisotopic (exact) mass is 249 g/mol. The van der Waals surface area contributed by atoms with Gasteiger partial charge in [0.25, 0.3) is 0 Å². The van der Waals surface area contributed by atoms with Gasteiger partial charge in [-0.1, -0.05) is 31.2 Å². The molecule has 0 aliphatic rings. The van der Waals surface area contributed by atoms with E-state index < -0.39 is 0 Å². The molecule has 1 aromatic carbocycles. The third-order valence-electron chi connectivity index (χ3n) is 3.01. The van der Waals surface area contributed by atoms with E-state index in [9.17, 15) is 0 Å². The van der Waals surface area contributed by atoms with Crippen LogP contribution < -0.4 is 5.32 Å². The van der Waals surface area contributed by atoms with Crippen molar-refractivity contribution in [1.29, 1.82) is 0 Å².